The van der Waals surface area contributed by atoms with Crippen molar-refractivity contribution < 1.29 is 9.47 Å². The average molecular weight is 389 g/mol. The first-order valence-electron chi connectivity index (χ1n) is 10.8. The van der Waals surface area contributed by atoms with E-state index < -0.39 is 0 Å². The molecule has 1 aromatic heterocycles. The summed E-state index contributed by atoms with van der Waals surface area (Å²) in [6.07, 6.45) is 8.77. The molecule has 2 N–H and O–H groups in total. The van der Waals surface area contributed by atoms with Crippen LogP contribution in [0.3, 0.4) is 0 Å². The maximum Gasteiger partial charge on any atom is 0.221 e. The number of fused-ring (bicyclic) bond motifs is 1. The van der Waals surface area contributed by atoms with Gasteiger partial charge in [0.25, 0.3) is 0 Å². The van der Waals surface area contributed by atoms with E-state index in [9.17, 15) is 0 Å². The Morgan fingerprint density at radius 3 is 2.48 bits per heavy atom. The van der Waals surface area contributed by atoms with Crippen LogP contribution in [0.5, 0.6) is 11.6 Å². The molecule has 0 radical (unpaired) electrons. The Kier molecular flexibility index (Phi) is 5.11. The summed E-state index contributed by atoms with van der Waals surface area (Å²) in [5.41, 5.74) is 8.52. The number of aromatic nitrogens is 1. The lowest BCUT2D eigenvalue weighted by Crippen LogP contribution is -2.31. The van der Waals surface area contributed by atoms with Crippen molar-refractivity contribution in [1.82, 2.24) is 4.98 Å². The summed E-state index contributed by atoms with van der Waals surface area (Å²) in [4.78, 5) is 4.52. The molecule has 0 amide bonds. The monoisotopic (exact) mass is 388 g/mol. The van der Waals surface area contributed by atoms with Crippen molar-refractivity contribution in [2.45, 2.75) is 63.2 Å². The van der Waals surface area contributed by atoms with Crippen LogP contribution in [-0.4, -0.2) is 17.1 Å². The highest BCUT2D eigenvalue weighted by molar-refractivity contribution is 5.89. The molecule has 0 spiro atoms. The summed E-state index contributed by atoms with van der Waals surface area (Å²) in [6, 6.07) is 17.0. The third kappa shape index (κ3) is 4.23. The molecular weight excluding hydrogens is 360 g/mol. The third-order valence-corrected chi connectivity index (χ3v) is 6.11. The molecule has 2 aromatic carbocycles. The predicted octanol–water partition coefficient (Wildman–Crippen LogP) is 5.34. The Bertz CT molecular complexity index is 977. The van der Waals surface area contributed by atoms with E-state index in [4.69, 9.17) is 15.2 Å². The van der Waals surface area contributed by atoms with Gasteiger partial charge in [-0.2, -0.15) is 0 Å². The molecular formula is C25H28N2O2. The Morgan fingerprint density at radius 1 is 0.931 bits per heavy atom. The van der Waals surface area contributed by atoms with Gasteiger partial charge in [-0.05, 0) is 79.2 Å². The first-order valence-corrected chi connectivity index (χ1v) is 10.8. The molecule has 4 nitrogen and oxygen atoms in total. The van der Waals surface area contributed by atoms with E-state index in [1.54, 1.807) is 0 Å². The van der Waals surface area contributed by atoms with Crippen LogP contribution < -0.4 is 15.2 Å². The van der Waals surface area contributed by atoms with Gasteiger partial charge in [0, 0.05) is 17.6 Å². The molecule has 150 valence electrons. The number of nitrogens with zero attached hydrogens (tertiary/aromatic N) is 1. The fourth-order valence-corrected chi connectivity index (χ4v) is 4.23. The molecule has 0 aliphatic heterocycles. The largest absolute Gasteiger partial charge is 0.490 e. The van der Waals surface area contributed by atoms with Gasteiger partial charge in [-0.1, -0.05) is 30.3 Å². The molecule has 0 saturated heterocycles. The van der Waals surface area contributed by atoms with Crippen LogP contribution in [0.15, 0.2) is 54.7 Å². The molecule has 29 heavy (non-hydrogen) atoms. The lowest BCUT2D eigenvalue weighted by atomic mass is 9.93. The van der Waals surface area contributed by atoms with E-state index >= 15 is 0 Å². The van der Waals surface area contributed by atoms with Gasteiger partial charge in [0.2, 0.25) is 5.88 Å². The van der Waals surface area contributed by atoms with Crippen LogP contribution in [0.4, 0.5) is 0 Å². The molecule has 2 aliphatic carbocycles. The first kappa shape index (κ1) is 18.4. The summed E-state index contributed by atoms with van der Waals surface area (Å²) in [5.74, 6) is 2.34. The molecule has 0 unspecified atom stereocenters. The van der Waals surface area contributed by atoms with Crippen molar-refractivity contribution >= 4 is 10.8 Å². The Labute approximate surface area is 172 Å². The van der Waals surface area contributed by atoms with E-state index in [1.807, 2.05) is 30.5 Å². The predicted molar refractivity (Wildman–Crippen MR) is 115 cm³/mol. The Hall–Kier alpha value is -2.59. The molecule has 1 heterocycles. The zero-order valence-electron chi connectivity index (χ0n) is 16.7. The summed E-state index contributed by atoms with van der Waals surface area (Å²) in [5, 5.41) is 2.19. The van der Waals surface area contributed by atoms with Crippen LogP contribution in [-0.2, 0) is 6.61 Å². The van der Waals surface area contributed by atoms with Gasteiger partial charge in [-0.15, -0.1) is 0 Å². The number of nitrogens with two attached hydrogens (primary N) is 1. The van der Waals surface area contributed by atoms with Crippen LogP contribution >= 0.6 is 0 Å². The van der Waals surface area contributed by atoms with Gasteiger partial charge in [0.1, 0.15) is 12.4 Å². The van der Waals surface area contributed by atoms with Crippen molar-refractivity contribution in [1.29, 1.82) is 0 Å². The number of hydrogen-bond donors (Lipinski definition) is 1. The molecule has 0 bridgehead atoms. The highest BCUT2D eigenvalue weighted by atomic mass is 16.5. The minimum Gasteiger partial charge on any atom is -0.490 e. The van der Waals surface area contributed by atoms with Crippen LogP contribution in [0.2, 0.25) is 0 Å². The van der Waals surface area contributed by atoms with Gasteiger partial charge in [0.15, 0.2) is 0 Å². The van der Waals surface area contributed by atoms with Gasteiger partial charge in [-0.25, -0.2) is 4.98 Å². The molecule has 2 saturated carbocycles. The molecule has 4 heteroatoms. The minimum atomic E-state index is 0.278. The topological polar surface area (TPSA) is 57.4 Å². The van der Waals surface area contributed by atoms with Gasteiger partial charge in [0.05, 0.1) is 6.10 Å². The van der Waals surface area contributed by atoms with E-state index in [1.165, 1.54) is 18.4 Å². The van der Waals surface area contributed by atoms with E-state index in [-0.39, 0.29) is 6.10 Å². The number of benzene rings is 2. The van der Waals surface area contributed by atoms with Gasteiger partial charge >= 0.3 is 0 Å². The van der Waals surface area contributed by atoms with Crippen molar-refractivity contribution in [3.8, 4) is 11.6 Å². The van der Waals surface area contributed by atoms with Gasteiger partial charge in [-0.3, -0.25) is 0 Å². The summed E-state index contributed by atoms with van der Waals surface area (Å²) in [6.45, 7) is 0.520. The standard InChI is InChI=1S/C25H28N2O2/c26-20-8-10-21(11-9-20)29-24-14-19-12-13-27-25(23(19)15-22(24)18-6-7-18)28-16-17-4-2-1-3-5-17/h1-5,12-15,18,20-21H,6-11,16,26H2. The normalized spacial score (nSPS) is 21.8. The van der Waals surface area contributed by atoms with Crippen molar-refractivity contribution in [2.24, 2.45) is 5.73 Å². The minimum absolute atomic E-state index is 0.278. The maximum absolute atomic E-state index is 6.50. The maximum atomic E-state index is 6.50. The highest BCUT2D eigenvalue weighted by Gasteiger charge is 2.29. The van der Waals surface area contributed by atoms with Crippen LogP contribution in [0, 0.1) is 0 Å². The van der Waals surface area contributed by atoms with Crippen molar-refractivity contribution in [3.05, 3.63) is 65.9 Å². The Morgan fingerprint density at radius 2 is 1.72 bits per heavy atom. The second kappa shape index (κ2) is 8.03. The third-order valence-electron chi connectivity index (χ3n) is 6.11. The zero-order valence-corrected chi connectivity index (χ0v) is 16.7. The second-order valence-electron chi connectivity index (χ2n) is 8.43. The van der Waals surface area contributed by atoms with E-state index in [2.05, 4.69) is 29.2 Å². The Balaban J connectivity index is 1.42. The average Bonchev–Trinajstić information content (AvgIpc) is 3.59. The van der Waals surface area contributed by atoms with Crippen molar-refractivity contribution in [3.63, 3.8) is 0 Å². The van der Waals surface area contributed by atoms with Crippen LogP contribution in [0.1, 0.15) is 55.6 Å². The first-order chi connectivity index (χ1) is 14.3. The number of ether oxygens (including phenoxy) is 2. The van der Waals surface area contributed by atoms with E-state index in [0.29, 0.717) is 24.4 Å². The lowest BCUT2D eigenvalue weighted by molar-refractivity contribution is 0.146. The zero-order chi connectivity index (χ0) is 19.6. The quantitative estimate of drug-likeness (QED) is 0.619. The molecule has 2 aliphatic rings. The van der Waals surface area contributed by atoms with E-state index in [0.717, 1.165) is 47.8 Å². The fraction of sp³-hybridized carbons (Fsp3) is 0.400. The molecule has 0 atom stereocenters. The number of rotatable bonds is 6. The van der Waals surface area contributed by atoms with Gasteiger partial charge < -0.3 is 15.2 Å². The molecule has 2 fully saturated rings. The summed E-state index contributed by atoms with van der Waals surface area (Å²) < 4.78 is 12.6. The molecule has 3 aromatic rings. The van der Waals surface area contributed by atoms with Crippen LogP contribution in [0.25, 0.3) is 10.8 Å². The summed E-state index contributed by atoms with van der Waals surface area (Å²) >= 11 is 0. The fourth-order valence-electron chi connectivity index (χ4n) is 4.23. The number of pyridine rings is 1. The number of hydrogen-bond acceptors (Lipinski definition) is 4. The smallest absolute Gasteiger partial charge is 0.221 e. The second-order valence-corrected chi connectivity index (χ2v) is 8.43. The SMILES string of the molecule is NC1CCC(Oc2cc3ccnc(OCc4ccccc4)c3cc2C2CC2)CC1. The molecule has 5 rings (SSSR count). The summed E-state index contributed by atoms with van der Waals surface area (Å²) in [7, 11) is 0. The highest BCUT2D eigenvalue weighted by Crippen LogP contribution is 2.47. The lowest BCUT2D eigenvalue weighted by Gasteiger charge is -2.28. The van der Waals surface area contributed by atoms with Crippen molar-refractivity contribution in [2.75, 3.05) is 0 Å².